The lowest BCUT2D eigenvalue weighted by Crippen LogP contribution is -2.40. The summed E-state index contributed by atoms with van der Waals surface area (Å²) in [5.74, 6) is 1.49. The lowest BCUT2D eigenvalue weighted by molar-refractivity contribution is -0.127. The van der Waals surface area contributed by atoms with E-state index in [-0.39, 0.29) is 42.5 Å². The average Bonchev–Trinajstić information content (AvgIpc) is 3.32. The van der Waals surface area contributed by atoms with E-state index in [1.807, 2.05) is 12.1 Å². The maximum absolute atomic E-state index is 11.7. The van der Waals surface area contributed by atoms with Gasteiger partial charge in [-0.05, 0) is 25.0 Å². The van der Waals surface area contributed by atoms with E-state index in [1.54, 1.807) is 20.4 Å². The number of carbonyl (C=O) groups excluding carboxylic acids is 1. The third kappa shape index (κ3) is 9.96. The fourth-order valence-corrected chi connectivity index (χ4v) is 2.39. The van der Waals surface area contributed by atoms with E-state index >= 15 is 0 Å². The number of guanidine groups is 1. The van der Waals surface area contributed by atoms with E-state index in [0.29, 0.717) is 25.7 Å². The smallest absolute Gasteiger partial charge is 0.243 e. The molecule has 0 bridgehead atoms. The van der Waals surface area contributed by atoms with Gasteiger partial charge in [-0.3, -0.25) is 4.79 Å². The Labute approximate surface area is 178 Å². The Morgan fingerprint density at radius 1 is 1.37 bits per heavy atom. The van der Waals surface area contributed by atoms with Gasteiger partial charge in [0, 0.05) is 46.8 Å². The molecular weight excluding hydrogens is 463 g/mol. The molecule has 0 aromatic carbocycles. The van der Waals surface area contributed by atoms with Gasteiger partial charge >= 0.3 is 0 Å². The minimum Gasteiger partial charge on any atom is -0.469 e. The van der Waals surface area contributed by atoms with E-state index in [1.165, 1.54) is 4.90 Å². The summed E-state index contributed by atoms with van der Waals surface area (Å²) in [5.41, 5.74) is 0. The van der Waals surface area contributed by atoms with Gasteiger partial charge in [-0.25, -0.2) is 4.99 Å². The molecule has 27 heavy (non-hydrogen) atoms. The molecule has 0 spiro atoms. The zero-order valence-electron chi connectivity index (χ0n) is 16.1. The van der Waals surface area contributed by atoms with Crippen molar-refractivity contribution in [1.29, 1.82) is 0 Å². The van der Waals surface area contributed by atoms with Crippen LogP contribution in [0, 0.1) is 0 Å². The first-order valence-electron chi connectivity index (χ1n) is 9.09. The molecule has 2 N–H and O–H groups in total. The van der Waals surface area contributed by atoms with Crippen LogP contribution < -0.4 is 10.6 Å². The molecule has 8 nitrogen and oxygen atoms in total. The second kappa shape index (κ2) is 13.8. The zero-order valence-corrected chi connectivity index (χ0v) is 18.4. The largest absolute Gasteiger partial charge is 0.469 e. The molecule has 0 aliphatic carbocycles. The van der Waals surface area contributed by atoms with E-state index in [0.717, 1.165) is 38.2 Å². The SMILES string of the molecule is CN(C)C(=O)CN=C(NCCCOC1CCOC1)NCCc1ccco1.I. The predicted octanol–water partition coefficient (Wildman–Crippen LogP) is 1.26. The Hall–Kier alpha value is -1.33. The Bertz CT molecular complexity index is 546. The minimum absolute atomic E-state index is 0. The third-order valence-electron chi connectivity index (χ3n) is 3.97. The number of halogens is 1. The van der Waals surface area contributed by atoms with Crippen molar-refractivity contribution in [2.24, 2.45) is 4.99 Å². The Morgan fingerprint density at radius 2 is 2.19 bits per heavy atom. The molecule has 9 heteroatoms. The number of nitrogens with zero attached hydrogens (tertiary/aromatic N) is 2. The van der Waals surface area contributed by atoms with Crippen LogP contribution in [0.25, 0.3) is 0 Å². The molecular formula is C18H31IN4O4. The number of likely N-dealkylation sites (N-methyl/N-ethyl adjacent to an activating group) is 1. The summed E-state index contributed by atoms with van der Waals surface area (Å²) in [5, 5.41) is 6.48. The highest BCUT2D eigenvalue weighted by atomic mass is 127. The number of rotatable bonds is 10. The number of nitrogens with one attached hydrogen (secondary N) is 2. The molecule has 0 radical (unpaired) electrons. The molecule has 1 atom stereocenters. The molecule has 154 valence electrons. The van der Waals surface area contributed by atoms with Gasteiger partial charge in [-0.2, -0.15) is 0 Å². The highest BCUT2D eigenvalue weighted by Crippen LogP contribution is 2.07. The first-order chi connectivity index (χ1) is 12.6. The Morgan fingerprint density at radius 3 is 2.85 bits per heavy atom. The quantitative estimate of drug-likeness (QED) is 0.221. The molecule has 2 rings (SSSR count). The van der Waals surface area contributed by atoms with Crippen molar-refractivity contribution in [3.8, 4) is 0 Å². The van der Waals surface area contributed by atoms with E-state index in [4.69, 9.17) is 13.9 Å². The van der Waals surface area contributed by atoms with E-state index < -0.39 is 0 Å². The lowest BCUT2D eigenvalue weighted by atomic mass is 10.3. The number of hydrogen-bond donors (Lipinski definition) is 2. The van der Waals surface area contributed by atoms with Gasteiger partial charge in [-0.1, -0.05) is 0 Å². The van der Waals surface area contributed by atoms with Crippen molar-refractivity contribution < 1.29 is 18.7 Å². The second-order valence-electron chi connectivity index (χ2n) is 6.35. The molecule has 1 amide bonds. The topological polar surface area (TPSA) is 88.3 Å². The number of amides is 1. The summed E-state index contributed by atoms with van der Waals surface area (Å²) in [7, 11) is 3.44. The summed E-state index contributed by atoms with van der Waals surface area (Å²) in [6.45, 7) is 3.67. The number of hydrogen-bond acceptors (Lipinski definition) is 5. The van der Waals surface area contributed by atoms with Crippen LogP contribution in [0.3, 0.4) is 0 Å². The first kappa shape index (κ1) is 23.7. The normalized spacial score (nSPS) is 16.7. The highest BCUT2D eigenvalue weighted by molar-refractivity contribution is 14.0. The first-order valence-corrected chi connectivity index (χ1v) is 9.09. The van der Waals surface area contributed by atoms with Crippen LogP contribution in [0.1, 0.15) is 18.6 Å². The van der Waals surface area contributed by atoms with Crippen molar-refractivity contribution in [3.05, 3.63) is 24.2 Å². The summed E-state index contributed by atoms with van der Waals surface area (Å²) in [6, 6.07) is 3.80. The van der Waals surface area contributed by atoms with Gasteiger partial charge in [0.15, 0.2) is 5.96 Å². The van der Waals surface area contributed by atoms with Crippen molar-refractivity contribution in [3.63, 3.8) is 0 Å². The number of aliphatic imine (C=N–C) groups is 1. The van der Waals surface area contributed by atoms with Gasteiger partial charge in [0.25, 0.3) is 0 Å². The van der Waals surface area contributed by atoms with Crippen molar-refractivity contribution in [2.45, 2.75) is 25.4 Å². The second-order valence-corrected chi connectivity index (χ2v) is 6.35. The summed E-state index contributed by atoms with van der Waals surface area (Å²) in [6.07, 6.45) is 4.47. The number of carbonyl (C=O) groups is 1. The summed E-state index contributed by atoms with van der Waals surface area (Å²) < 4.78 is 16.4. The van der Waals surface area contributed by atoms with Crippen molar-refractivity contribution in [2.75, 3.05) is 53.6 Å². The molecule has 1 unspecified atom stereocenters. The summed E-state index contributed by atoms with van der Waals surface area (Å²) in [4.78, 5) is 17.6. The highest BCUT2D eigenvalue weighted by Gasteiger charge is 2.15. The van der Waals surface area contributed by atoms with Gasteiger partial charge in [0.2, 0.25) is 5.91 Å². The fourth-order valence-electron chi connectivity index (χ4n) is 2.39. The molecule has 2 heterocycles. The van der Waals surface area contributed by atoms with Gasteiger partial charge < -0.3 is 29.4 Å². The Kier molecular flexibility index (Phi) is 12.1. The van der Waals surface area contributed by atoms with Gasteiger partial charge in [0.05, 0.1) is 19.0 Å². The number of furan rings is 1. The van der Waals surface area contributed by atoms with Crippen LogP contribution in [0.4, 0.5) is 0 Å². The minimum atomic E-state index is -0.0401. The maximum Gasteiger partial charge on any atom is 0.243 e. The maximum atomic E-state index is 11.7. The monoisotopic (exact) mass is 494 g/mol. The fraction of sp³-hybridized carbons (Fsp3) is 0.667. The molecule has 1 aliphatic rings. The Balaban J connectivity index is 0.00000364. The van der Waals surface area contributed by atoms with Crippen molar-refractivity contribution in [1.82, 2.24) is 15.5 Å². The molecule has 0 saturated carbocycles. The molecule has 1 aromatic rings. The van der Waals surface area contributed by atoms with Crippen LogP contribution >= 0.6 is 24.0 Å². The predicted molar refractivity (Wildman–Crippen MR) is 115 cm³/mol. The van der Waals surface area contributed by atoms with E-state index in [2.05, 4.69) is 15.6 Å². The van der Waals surface area contributed by atoms with Crippen LogP contribution in [0.15, 0.2) is 27.8 Å². The van der Waals surface area contributed by atoms with Crippen LogP contribution in [0.5, 0.6) is 0 Å². The average molecular weight is 494 g/mol. The van der Waals surface area contributed by atoms with Crippen LogP contribution in [-0.2, 0) is 20.7 Å². The molecule has 1 fully saturated rings. The molecule has 1 saturated heterocycles. The molecule has 1 aromatic heterocycles. The van der Waals surface area contributed by atoms with Gasteiger partial charge in [-0.15, -0.1) is 24.0 Å². The van der Waals surface area contributed by atoms with Gasteiger partial charge in [0.1, 0.15) is 12.3 Å². The summed E-state index contributed by atoms with van der Waals surface area (Å²) >= 11 is 0. The number of ether oxygens (including phenoxy) is 2. The zero-order chi connectivity index (χ0) is 18.6. The van der Waals surface area contributed by atoms with Crippen molar-refractivity contribution >= 4 is 35.8 Å². The molecule has 1 aliphatic heterocycles. The van der Waals surface area contributed by atoms with E-state index in [9.17, 15) is 4.79 Å². The standard InChI is InChI=1S/C18H30N4O4.HI/c1-22(2)17(23)13-21-18(20-9-6-15-5-3-10-25-15)19-8-4-11-26-16-7-12-24-14-16;/h3,5,10,16H,4,6-9,11-14H2,1-2H3,(H2,19,20,21);1H. The lowest BCUT2D eigenvalue weighted by Gasteiger charge is -2.14. The third-order valence-corrected chi connectivity index (χ3v) is 3.97. The van der Waals surface area contributed by atoms with Crippen LogP contribution in [-0.4, -0.2) is 76.4 Å². The van der Waals surface area contributed by atoms with Crippen LogP contribution in [0.2, 0.25) is 0 Å².